The van der Waals surface area contributed by atoms with Crippen LogP contribution >= 0.6 is 0 Å². The second kappa shape index (κ2) is 9.51. The quantitative estimate of drug-likeness (QED) is 0.685. The van der Waals surface area contributed by atoms with E-state index in [1.165, 1.54) is 14.2 Å². The van der Waals surface area contributed by atoms with Crippen molar-refractivity contribution in [3.05, 3.63) is 47.5 Å². The maximum absolute atomic E-state index is 12.4. The zero-order valence-electron chi connectivity index (χ0n) is 18.1. The largest absolute Gasteiger partial charge is 0.497 e. The van der Waals surface area contributed by atoms with Crippen molar-refractivity contribution in [3.8, 4) is 11.5 Å². The monoisotopic (exact) mass is 426 g/mol. The molecule has 1 aliphatic heterocycles. The van der Waals surface area contributed by atoms with Crippen LogP contribution in [0.15, 0.2) is 36.4 Å². The topological polar surface area (TPSA) is 94.2 Å². The SMILES string of the molecule is COc1ccc(NC(=O)COC(=O)[C@H]2CC(=O)N(c3ccc(C)c(C)c3)C2)c(OC)c1. The Balaban J connectivity index is 1.55. The van der Waals surface area contributed by atoms with Crippen LogP contribution in [0.2, 0.25) is 0 Å². The predicted octanol–water partition coefficient (Wildman–Crippen LogP) is 2.86. The summed E-state index contributed by atoms with van der Waals surface area (Å²) in [7, 11) is 3.00. The Labute approximate surface area is 181 Å². The summed E-state index contributed by atoms with van der Waals surface area (Å²) in [6.45, 7) is 3.75. The van der Waals surface area contributed by atoms with Gasteiger partial charge in [0.15, 0.2) is 6.61 Å². The van der Waals surface area contributed by atoms with Gasteiger partial charge >= 0.3 is 5.97 Å². The number of anilines is 2. The molecule has 3 rings (SSSR count). The summed E-state index contributed by atoms with van der Waals surface area (Å²) in [5.74, 6) is -0.830. The zero-order valence-corrected chi connectivity index (χ0v) is 18.1. The summed E-state index contributed by atoms with van der Waals surface area (Å²) in [5.41, 5.74) is 3.39. The van der Waals surface area contributed by atoms with Crippen LogP contribution in [-0.4, -0.2) is 45.2 Å². The number of hydrogen-bond donors (Lipinski definition) is 1. The van der Waals surface area contributed by atoms with Crippen molar-refractivity contribution in [1.82, 2.24) is 0 Å². The minimum atomic E-state index is -0.613. The van der Waals surface area contributed by atoms with Crippen LogP contribution in [0.3, 0.4) is 0 Å². The van der Waals surface area contributed by atoms with Crippen molar-refractivity contribution in [2.24, 2.45) is 5.92 Å². The zero-order chi connectivity index (χ0) is 22.5. The molecule has 2 amide bonds. The summed E-state index contributed by atoms with van der Waals surface area (Å²) in [6.07, 6.45) is 0.0552. The van der Waals surface area contributed by atoms with Gasteiger partial charge in [-0.1, -0.05) is 6.07 Å². The molecular weight excluding hydrogens is 400 g/mol. The minimum absolute atomic E-state index is 0.0552. The third-order valence-corrected chi connectivity index (χ3v) is 5.29. The number of carbonyl (C=O) groups excluding carboxylic acids is 3. The number of ether oxygens (including phenoxy) is 3. The fourth-order valence-corrected chi connectivity index (χ4v) is 3.35. The fraction of sp³-hybridized carbons (Fsp3) is 0.348. The molecule has 2 aromatic rings. The number of rotatable bonds is 7. The lowest BCUT2D eigenvalue weighted by molar-refractivity contribution is -0.151. The third kappa shape index (κ3) is 5.14. The Kier molecular flexibility index (Phi) is 6.79. The van der Waals surface area contributed by atoms with Crippen molar-refractivity contribution in [1.29, 1.82) is 0 Å². The lowest BCUT2D eigenvalue weighted by Crippen LogP contribution is -2.28. The molecule has 1 heterocycles. The van der Waals surface area contributed by atoms with Crippen LogP contribution < -0.4 is 19.7 Å². The number of nitrogens with one attached hydrogen (secondary N) is 1. The molecule has 1 fully saturated rings. The lowest BCUT2D eigenvalue weighted by Gasteiger charge is -2.18. The Morgan fingerprint density at radius 1 is 1.06 bits per heavy atom. The van der Waals surface area contributed by atoms with Crippen molar-refractivity contribution < 1.29 is 28.6 Å². The standard InChI is InChI=1S/C23H26N2O6/c1-14-5-6-17(9-15(14)2)25-12-16(10-22(25)27)23(28)31-13-21(26)24-19-8-7-18(29-3)11-20(19)30-4/h5-9,11,16H,10,12-13H2,1-4H3,(H,24,26)/t16-/m0/s1. The molecule has 1 N–H and O–H groups in total. The first-order valence-corrected chi connectivity index (χ1v) is 9.88. The molecule has 8 heteroatoms. The van der Waals surface area contributed by atoms with Crippen molar-refractivity contribution in [2.45, 2.75) is 20.3 Å². The molecule has 1 aliphatic rings. The van der Waals surface area contributed by atoms with Crippen LogP contribution in [0.1, 0.15) is 17.5 Å². The first-order valence-electron chi connectivity index (χ1n) is 9.88. The highest BCUT2D eigenvalue weighted by Crippen LogP contribution is 2.29. The van der Waals surface area contributed by atoms with E-state index < -0.39 is 24.4 Å². The fourth-order valence-electron chi connectivity index (χ4n) is 3.35. The number of benzene rings is 2. The molecule has 0 aliphatic carbocycles. The van der Waals surface area contributed by atoms with E-state index in [9.17, 15) is 14.4 Å². The normalized spacial score (nSPS) is 15.5. The maximum Gasteiger partial charge on any atom is 0.311 e. The first-order chi connectivity index (χ1) is 14.8. The smallest absolute Gasteiger partial charge is 0.311 e. The van der Waals surface area contributed by atoms with Gasteiger partial charge in [0.1, 0.15) is 11.5 Å². The Morgan fingerprint density at radius 3 is 2.52 bits per heavy atom. The van der Waals surface area contributed by atoms with E-state index >= 15 is 0 Å². The molecule has 1 atom stereocenters. The number of aryl methyl sites for hydroxylation is 2. The van der Waals surface area contributed by atoms with Crippen LogP contribution in [0.4, 0.5) is 11.4 Å². The second-order valence-corrected chi connectivity index (χ2v) is 7.40. The predicted molar refractivity (Wildman–Crippen MR) is 116 cm³/mol. The van der Waals surface area contributed by atoms with Gasteiger partial charge in [0.25, 0.3) is 5.91 Å². The number of hydrogen-bond acceptors (Lipinski definition) is 6. The maximum atomic E-state index is 12.4. The van der Waals surface area contributed by atoms with E-state index in [2.05, 4.69) is 5.32 Å². The summed E-state index contributed by atoms with van der Waals surface area (Å²) < 4.78 is 15.5. The van der Waals surface area contributed by atoms with Gasteiger partial charge in [-0.3, -0.25) is 14.4 Å². The van der Waals surface area contributed by atoms with E-state index in [-0.39, 0.29) is 18.9 Å². The third-order valence-electron chi connectivity index (χ3n) is 5.29. The van der Waals surface area contributed by atoms with Crippen molar-refractivity contribution in [2.75, 3.05) is 37.6 Å². The Bertz CT molecular complexity index is 1000. The number of esters is 1. The Morgan fingerprint density at radius 2 is 1.84 bits per heavy atom. The Hall–Kier alpha value is -3.55. The molecule has 0 radical (unpaired) electrons. The van der Waals surface area contributed by atoms with Gasteiger partial charge in [-0.15, -0.1) is 0 Å². The molecule has 0 unspecified atom stereocenters. The molecule has 0 saturated carbocycles. The number of nitrogens with zero attached hydrogens (tertiary/aromatic N) is 1. The molecule has 0 aromatic heterocycles. The average Bonchev–Trinajstić information content (AvgIpc) is 3.16. The van der Waals surface area contributed by atoms with Crippen LogP contribution in [0.5, 0.6) is 11.5 Å². The van der Waals surface area contributed by atoms with Crippen molar-refractivity contribution in [3.63, 3.8) is 0 Å². The van der Waals surface area contributed by atoms with Crippen molar-refractivity contribution >= 4 is 29.2 Å². The lowest BCUT2D eigenvalue weighted by atomic mass is 10.1. The van der Waals surface area contributed by atoms with Crippen LogP contribution in [0, 0.1) is 19.8 Å². The van der Waals surface area contributed by atoms with Gasteiger partial charge in [0.2, 0.25) is 5.91 Å². The van der Waals surface area contributed by atoms with Gasteiger partial charge in [0.05, 0.1) is 25.8 Å². The molecule has 31 heavy (non-hydrogen) atoms. The number of amides is 2. The molecule has 8 nitrogen and oxygen atoms in total. The van der Waals surface area contributed by atoms with E-state index in [4.69, 9.17) is 14.2 Å². The van der Waals surface area contributed by atoms with Gasteiger partial charge in [-0.25, -0.2) is 0 Å². The van der Waals surface area contributed by atoms with Crippen LogP contribution in [0.25, 0.3) is 0 Å². The summed E-state index contributed by atoms with van der Waals surface area (Å²) >= 11 is 0. The highest BCUT2D eigenvalue weighted by molar-refractivity contribution is 6.00. The number of carbonyl (C=O) groups is 3. The number of methoxy groups -OCH3 is 2. The second-order valence-electron chi connectivity index (χ2n) is 7.40. The average molecular weight is 426 g/mol. The molecular formula is C23H26N2O6. The van der Waals surface area contributed by atoms with E-state index in [0.29, 0.717) is 17.2 Å². The highest BCUT2D eigenvalue weighted by atomic mass is 16.5. The minimum Gasteiger partial charge on any atom is -0.497 e. The highest BCUT2D eigenvalue weighted by Gasteiger charge is 2.36. The van der Waals surface area contributed by atoms with Crippen LogP contribution in [-0.2, 0) is 19.1 Å². The van der Waals surface area contributed by atoms with Gasteiger partial charge < -0.3 is 24.4 Å². The van der Waals surface area contributed by atoms with Gasteiger partial charge in [-0.05, 0) is 49.2 Å². The summed E-state index contributed by atoms with van der Waals surface area (Å²) in [4.78, 5) is 38.6. The summed E-state index contributed by atoms with van der Waals surface area (Å²) in [6, 6.07) is 10.7. The molecule has 0 spiro atoms. The first kappa shape index (κ1) is 22.1. The molecule has 164 valence electrons. The van der Waals surface area contributed by atoms with Gasteiger partial charge in [0, 0.05) is 24.7 Å². The molecule has 2 aromatic carbocycles. The summed E-state index contributed by atoms with van der Waals surface area (Å²) in [5, 5.41) is 2.64. The van der Waals surface area contributed by atoms with E-state index in [0.717, 1.165) is 16.8 Å². The molecule has 1 saturated heterocycles. The van der Waals surface area contributed by atoms with Gasteiger partial charge in [-0.2, -0.15) is 0 Å². The molecule has 0 bridgehead atoms. The van der Waals surface area contributed by atoms with E-state index in [1.807, 2.05) is 32.0 Å². The van der Waals surface area contributed by atoms with E-state index in [1.54, 1.807) is 23.1 Å².